The third kappa shape index (κ3) is 3.02. The SMILES string of the molecule is C[C@@H](NC(=O)CN1C(=O)N[C@@]2(CCCc3sccc32)C1=O)c1ccccc1. The van der Waals surface area contributed by atoms with Gasteiger partial charge in [-0.3, -0.25) is 14.5 Å². The molecule has 2 atom stereocenters. The van der Waals surface area contributed by atoms with Crippen molar-refractivity contribution in [3.8, 4) is 0 Å². The number of benzene rings is 1. The maximum atomic E-state index is 13.1. The Morgan fingerprint density at radius 3 is 2.85 bits per heavy atom. The molecule has 1 aromatic heterocycles. The average molecular weight is 383 g/mol. The van der Waals surface area contributed by atoms with E-state index in [1.807, 2.05) is 48.7 Å². The number of aryl methyl sites for hydroxylation is 1. The summed E-state index contributed by atoms with van der Waals surface area (Å²) in [6.45, 7) is 1.60. The van der Waals surface area contributed by atoms with E-state index < -0.39 is 11.6 Å². The summed E-state index contributed by atoms with van der Waals surface area (Å²) in [5, 5.41) is 7.68. The molecular weight excluding hydrogens is 362 g/mol. The summed E-state index contributed by atoms with van der Waals surface area (Å²) < 4.78 is 0. The first-order valence-corrected chi connectivity index (χ1v) is 9.94. The zero-order valence-corrected chi connectivity index (χ0v) is 15.8. The molecule has 2 heterocycles. The molecule has 2 N–H and O–H groups in total. The molecular formula is C20H21N3O3S. The van der Waals surface area contributed by atoms with E-state index in [-0.39, 0.29) is 24.4 Å². The van der Waals surface area contributed by atoms with Crippen LogP contribution in [0, 0.1) is 0 Å². The van der Waals surface area contributed by atoms with Crippen LogP contribution in [0.15, 0.2) is 41.8 Å². The molecule has 4 amide bonds. The van der Waals surface area contributed by atoms with Gasteiger partial charge in [0.15, 0.2) is 0 Å². The van der Waals surface area contributed by atoms with Crippen LogP contribution in [-0.4, -0.2) is 29.3 Å². The van der Waals surface area contributed by atoms with Crippen molar-refractivity contribution in [1.29, 1.82) is 0 Å². The first-order valence-electron chi connectivity index (χ1n) is 9.06. The van der Waals surface area contributed by atoms with E-state index in [0.717, 1.165) is 33.7 Å². The van der Waals surface area contributed by atoms with Gasteiger partial charge in [0.25, 0.3) is 5.91 Å². The highest BCUT2D eigenvalue weighted by molar-refractivity contribution is 7.10. The van der Waals surface area contributed by atoms with Crippen LogP contribution >= 0.6 is 11.3 Å². The number of hydrogen-bond donors (Lipinski definition) is 2. The first kappa shape index (κ1) is 17.7. The minimum absolute atomic E-state index is 0.202. The second-order valence-corrected chi connectivity index (χ2v) is 8.04. The molecule has 140 valence electrons. The molecule has 0 unspecified atom stereocenters. The molecule has 0 saturated carbocycles. The normalized spacial score (nSPS) is 22.5. The summed E-state index contributed by atoms with van der Waals surface area (Å²) in [5.41, 5.74) is 0.850. The second-order valence-electron chi connectivity index (χ2n) is 7.04. The van der Waals surface area contributed by atoms with Crippen molar-refractivity contribution in [1.82, 2.24) is 15.5 Å². The Hall–Kier alpha value is -2.67. The van der Waals surface area contributed by atoms with Gasteiger partial charge in [-0.15, -0.1) is 11.3 Å². The van der Waals surface area contributed by atoms with Gasteiger partial charge in [-0.2, -0.15) is 0 Å². The standard InChI is InChI=1S/C20H21N3O3S/c1-13(14-6-3-2-4-7-14)21-17(24)12-23-18(25)20(22-19(23)26)10-5-8-16-15(20)9-11-27-16/h2-4,6-7,9,11,13H,5,8,10,12H2,1H3,(H,21,24)(H,22,26)/t13-,20-/m1/s1. The molecule has 7 heteroatoms. The number of carbonyl (C=O) groups is 3. The van der Waals surface area contributed by atoms with Crippen molar-refractivity contribution < 1.29 is 14.4 Å². The van der Waals surface area contributed by atoms with Crippen molar-refractivity contribution in [2.75, 3.05) is 6.54 Å². The van der Waals surface area contributed by atoms with E-state index in [0.29, 0.717) is 6.42 Å². The lowest BCUT2D eigenvalue weighted by atomic mass is 9.80. The van der Waals surface area contributed by atoms with Crippen molar-refractivity contribution >= 4 is 29.2 Å². The highest BCUT2D eigenvalue weighted by Crippen LogP contribution is 2.42. The molecule has 0 bridgehead atoms. The van der Waals surface area contributed by atoms with E-state index in [9.17, 15) is 14.4 Å². The van der Waals surface area contributed by atoms with Crippen LogP contribution in [-0.2, 0) is 21.5 Å². The summed E-state index contributed by atoms with van der Waals surface area (Å²) in [7, 11) is 0. The van der Waals surface area contributed by atoms with Gasteiger partial charge in [0.2, 0.25) is 5.91 Å². The van der Waals surface area contributed by atoms with Gasteiger partial charge in [-0.25, -0.2) is 4.79 Å². The molecule has 1 aromatic carbocycles. The van der Waals surface area contributed by atoms with Crippen molar-refractivity contribution in [2.45, 2.75) is 37.8 Å². The number of amides is 4. The summed E-state index contributed by atoms with van der Waals surface area (Å²) >= 11 is 1.61. The number of imide groups is 1. The molecule has 1 fully saturated rings. The van der Waals surface area contributed by atoms with E-state index >= 15 is 0 Å². The van der Waals surface area contributed by atoms with Gasteiger partial charge in [0.05, 0.1) is 6.04 Å². The molecule has 2 aromatic rings. The van der Waals surface area contributed by atoms with E-state index in [1.54, 1.807) is 11.3 Å². The molecule has 4 rings (SSSR count). The van der Waals surface area contributed by atoms with Crippen LogP contribution in [0.5, 0.6) is 0 Å². The van der Waals surface area contributed by atoms with Crippen LogP contribution in [0.3, 0.4) is 0 Å². The molecule has 0 radical (unpaired) electrons. The second kappa shape index (κ2) is 6.81. The van der Waals surface area contributed by atoms with Crippen molar-refractivity contribution in [3.05, 3.63) is 57.8 Å². The number of nitrogens with zero attached hydrogens (tertiary/aromatic N) is 1. The Morgan fingerprint density at radius 1 is 1.30 bits per heavy atom. The average Bonchev–Trinajstić information content (AvgIpc) is 3.23. The lowest BCUT2D eigenvalue weighted by Crippen LogP contribution is -2.47. The highest BCUT2D eigenvalue weighted by Gasteiger charge is 2.54. The van der Waals surface area contributed by atoms with Crippen LogP contribution in [0.4, 0.5) is 4.79 Å². The van der Waals surface area contributed by atoms with Crippen LogP contribution in [0.2, 0.25) is 0 Å². The zero-order chi connectivity index (χ0) is 19.0. The van der Waals surface area contributed by atoms with Crippen LogP contribution < -0.4 is 10.6 Å². The first-order chi connectivity index (χ1) is 13.0. The van der Waals surface area contributed by atoms with Crippen molar-refractivity contribution in [2.24, 2.45) is 0 Å². The Kier molecular flexibility index (Phi) is 4.47. The van der Waals surface area contributed by atoms with Crippen LogP contribution in [0.25, 0.3) is 0 Å². The highest BCUT2D eigenvalue weighted by atomic mass is 32.1. The van der Waals surface area contributed by atoms with E-state index in [1.165, 1.54) is 0 Å². The fourth-order valence-electron chi connectivity index (χ4n) is 3.94. The largest absolute Gasteiger partial charge is 0.348 e. The molecule has 1 aliphatic carbocycles. The molecule has 27 heavy (non-hydrogen) atoms. The Morgan fingerprint density at radius 2 is 2.07 bits per heavy atom. The topological polar surface area (TPSA) is 78.5 Å². The number of rotatable bonds is 4. The van der Waals surface area contributed by atoms with E-state index in [4.69, 9.17) is 0 Å². The summed E-state index contributed by atoms with van der Waals surface area (Å²) in [6, 6.07) is 10.8. The van der Waals surface area contributed by atoms with Crippen LogP contribution in [0.1, 0.15) is 41.8 Å². The summed E-state index contributed by atoms with van der Waals surface area (Å²) in [4.78, 5) is 40.2. The third-order valence-corrected chi connectivity index (χ3v) is 6.30. The Labute approximate surface area is 161 Å². The van der Waals surface area contributed by atoms with Gasteiger partial charge in [0.1, 0.15) is 12.1 Å². The maximum absolute atomic E-state index is 13.1. The fourth-order valence-corrected chi connectivity index (χ4v) is 4.94. The molecule has 1 spiro atoms. The monoisotopic (exact) mass is 383 g/mol. The predicted molar refractivity (Wildman–Crippen MR) is 102 cm³/mol. The number of urea groups is 1. The van der Waals surface area contributed by atoms with Gasteiger partial charge in [0, 0.05) is 10.4 Å². The zero-order valence-electron chi connectivity index (χ0n) is 15.0. The minimum atomic E-state index is -1.00. The van der Waals surface area contributed by atoms with Gasteiger partial charge >= 0.3 is 6.03 Å². The van der Waals surface area contributed by atoms with Gasteiger partial charge in [-0.05, 0) is 43.2 Å². The minimum Gasteiger partial charge on any atom is -0.348 e. The maximum Gasteiger partial charge on any atom is 0.325 e. The summed E-state index contributed by atoms with van der Waals surface area (Å²) in [6.07, 6.45) is 2.33. The smallest absolute Gasteiger partial charge is 0.325 e. The summed E-state index contributed by atoms with van der Waals surface area (Å²) in [5.74, 6) is -0.678. The Bertz CT molecular complexity index is 895. The molecule has 1 saturated heterocycles. The lowest BCUT2D eigenvalue weighted by molar-refractivity contribution is -0.135. The quantitative estimate of drug-likeness (QED) is 0.797. The third-order valence-electron chi connectivity index (χ3n) is 5.32. The fraction of sp³-hybridized carbons (Fsp3) is 0.350. The molecule has 6 nitrogen and oxygen atoms in total. The predicted octanol–water partition coefficient (Wildman–Crippen LogP) is 2.71. The van der Waals surface area contributed by atoms with E-state index in [2.05, 4.69) is 10.6 Å². The Balaban J connectivity index is 1.48. The van der Waals surface area contributed by atoms with Gasteiger partial charge < -0.3 is 10.6 Å². The number of fused-ring (bicyclic) bond motifs is 2. The number of nitrogens with one attached hydrogen (secondary N) is 2. The number of thiophene rings is 1. The lowest BCUT2D eigenvalue weighted by Gasteiger charge is -2.31. The molecule has 2 aliphatic rings. The van der Waals surface area contributed by atoms with Gasteiger partial charge in [-0.1, -0.05) is 30.3 Å². The number of hydrogen-bond acceptors (Lipinski definition) is 4. The number of carbonyl (C=O) groups excluding carboxylic acids is 3. The molecule has 1 aliphatic heterocycles. The van der Waals surface area contributed by atoms with Crippen molar-refractivity contribution in [3.63, 3.8) is 0 Å².